The Kier molecular flexibility index (Phi) is 4.39. The van der Waals surface area contributed by atoms with E-state index in [0.717, 1.165) is 19.4 Å². The summed E-state index contributed by atoms with van der Waals surface area (Å²) in [5, 5.41) is 13.0. The fraction of sp³-hybridized carbons (Fsp3) is 1.00. The van der Waals surface area contributed by atoms with Crippen molar-refractivity contribution in [1.82, 2.24) is 5.32 Å². The number of rotatable bonds is 3. The maximum atomic E-state index is 9.50. The molecule has 84 valence electrons. The topological polar surface area (TPSA) is 32.3 Å². The number of aliphatic hydroxyl groups excluding tert-OH is 1. The molecule has 0 aromatic carbocycles. The van der Waals surface area contributed by atoms with Gasteiger partial charge in [0.15, 0.2) is 0 Å². The van der Waals surface area contributed by atoms with Gasteiger partial charge in [0.25, 0.3) is 0 Å². The van der Waals surface area contributed by atoms with Gasteiger partial charge in [-0.15, -0.1) is 0 Å². The molecule has 2 heteroatoms. The first-order valence-electron chi connectivity index (χ1n) is 5.89. The summed E-state index contributed by atoms with van der Waals surface area (Å²) < 4.78 is 0. The van der Waals surface area contributed by atoms with Crippen LogP contribution in [0.15, 0.2) is 0 Å². The highest BCUT2D eigenvalue weighted by Gasteiger charge is 2.19. The second-order valence-electron chi connectivity index (χ2n) is 5.78. The molecular formula is C12H25NO. The normalized spacial score (nSPS) is 29.1. The van der Waals surface area contributed by atoms with Crippen LogP contribution in [-0.2, 0) is 0 Å². The average Bonchev–Trinajstić information content (AvgIpc) is 2.01. The van der Waals surface area contributed by atoms with Crippen molar-refractivity contribution < 1.29 is 5.11 Å². The van der Waals surface area contributed by atoms with E-state index < -0.39 is 0 Å². The highest BCUT2D eigenvalue weighted by molar-refractivity contribution is 4.77. The molecule has 0 bridgehead atoms. The van der Waals surface area contributed by atoms with Gasteiger partial charge in [-0.2, -0.15) is 0 Å². The van der Waals surface area contributed by atoms with Crippen molar-refractivity contribution in [3.8, 4) is 0 Å². The molecule has 2 nitrogen and oxygen atoms in total. The van der Waals surface area contributed by atoms with Crippen molar-refractivity contribution in [3.63, 3.8) is 0 Å². The quantitative estimate of drug-likeness (QED) is 0.731. The summed E-state index contributed by atoms with van der Waals surface area (Å²) in [6, 6.07) is 0.557. The molecule has 1 aliphatic rings. The van der Waals surface area contributed by atoms with E-state index >= 15 is 0 Å². The van der Waals surface area contributed by atoms with Gasteiger partial charge < -0.3 is 10.4 Å². The first-order valence-corrected chi connectivity index (χ1v) is 5.89. The van der Waals surface area contributed by atoms with Crippen molar-refractivity contribution in [2.45, 2.75) is 65.0 Å². The van der Waals surface area contributed by atoms with E-state index in [4.69, 9.17) is 0 Å². The van der Waals surface area contributed by atoms with Gasteiger partial charge in [0.2, 0.25) is 0 Å². The van der Waals surface area contributed by atoms with Crippen molar-refractivity contribution in [3.05, 3.63) is 0 Å². The number of nitrogens with one attached hydrogen (secondary N) is 1. The third-order valence-electron chi connectivity index (χ3n) is 2.95. The lowest BCUT2D eigenvalue weighted by atomic mass is 9.90. The van der Waals surface area contributed by atoms with Gasteiger partial charge in [0.1, 0.15) is 0 Å². The molecule has 0 aromatic heterocycles. The molecule has 2 unspecified atom stereocenters. The molecule has 0 spiro atoms. The third-order valence-corrected chi connectivity index (χ3v) is 2.95. The summed E-state index contributed by atoms with van der Waals surface area (Å²) in [6.07, 6.45) is 5.51. The summed E-state index contributed by atoms with van der Waals surface area (Å²) >= 11 is 0. The molecule has 0 saturated heterocycles. The Labute approximate surface area is 88.1 Å². The molecule has 1 rings (SSSR count). The molecular weight excluding hydrogens is 174 g/mol. The van der Waals surface area contributed by atoms with Crippen LogP contribution in [0.3, 0.4) is 0 Å². The smallest absolute Gasteiger partial charge is 0.0555 e. The van der Waals surface area contributed by atoms with Crippen LogP contribution in [0.2, 0.25) is 0 Å². The Morgan fingerprint density at radius 3 is 2.57 bits per heavy atom. The minimum Gasteiger partial charge on any atom is -0.393 e. The van der Waals surface area contributed by atoms with Crippen LogP contribution in [0.4, 0.5) is 0 Å². The minimum absolute atomic E-state index is 0.0594. The Hall–Kier alpha value is -0.0800. The molecule has 14 heavy (non-hydrogen) atoms. The molecule has 1 fully saturated rings. The van der Waals surface area contributed by atoms with Crippen molar-refractivity contribution in [2.75, 3.05) is 6.54 Å². The molecule has 0 radical (unpaired) electrons. The fourth-order valence-electron chi connectivity index (χ4n) is 2.00. The van der Waals surface area contributed by atoms with Crippen molar-refractivity contribution >= 4 is 0 Å². The summed E-state index contributed by atoms with van der Waals surface area (Å²) in [5.74, 6) is 0. The second-order valence-corrected chi connectivity index (χ2v) is 5.78. The summed E-state index contributed by atoms with van der Waals surface area (Å²) in [4.78, 5) is 0. The average molecular weight is 199 g/mol. The van der Waals surface area contributed by atoms with E-state index in [9.17, 15) is 5.11 Å². The van der Waals surface area contributed by atoms with Crippen LogP contribution in [0, 0.1) is 5.41 Å². The van der Waals surface area contributed by atoms with Gasteiger partial charge in [-0.3, -0.25) is 0 Å². The number of aliphatic hydroxyl groups is 1. The Morgan fingerprint density at radius 1 is 1.29 bits per heavy atom. The summed E-state index contributed by atoms with van der Waals surface area (Å²) in [5.41, 5.74) is 0.417. The Balaban J connectivity index is 2.12. The highest BCUT2D eigenvalue weighted by Crippen LogP contribution is 2.20. The molecule has 0 amide bonds. The third kappa shape index (κ3) is 4.97. The first kappa shape index (κ1) is 12.0. The molecule has 2 N–H and O–H groups in total. The van der Waals surface area contributed by atoms with E-state index in [0.29, 0.717) is 11.5 Å². The molecule has 1 saturated carbocycles. The van der Waals surface area contributed by atoms with Crippen LogP contribution < -0.4 is 5.32 Å². The molecule has 0 aliphatic heterocycles. The molecule has 0 heterocycles. The predicted molar refractivity (Wildman–Crippen MR) is 60.3 cm³/mol. The van der Waals surface area contributed by atoms with Crippen LogP contribution in [0.25, 0.3) is 0 Å². The van der Waals surface area contributed by atoms with Crippen LogP contribution in [0.1, 0.15) is 52.9 Å². The zero-order valence-corrected chi connectivity index (χ0v) is 9.84. The lowest BCUT2D eigenvalue weighted by molar-refractivity contribution is 0.111. The van der Waals surface area contributed by atoms with Crippen LogP contribution in [0.5, 0.6) is 0 Å². The zero-order chi connectivity index (χ0) is 10.6. The summed E-state index contributed by atoms with van der Waals surface area (Å²) in [7, 11) is 0. The summed E-state index contributed by atoms with van der Waals surface area (Å²) in [6.45, 7) is 7.89. The minimum atomic E-state index is -0.0594. The predicted octanol–water partition coefficient (Wildman–Crippen LogP) is 2.32. The van der Waals surface area contributed by atoms with E-state index in [-0.39, 0.29) is 6.10 Å². The maximum Gasteiger partial charge on any atom is 0.0555 e. The first-order chi connectivity index (χ1) is 6.47. The SMILES string of the molecule is CC(C)(C)CCNC1CCCC(O)C1. The Bertz CT molecular complexity index is 162. The Morgan fingerprint density at radius 2 is 2.00 bits per heavy atom. The monoisotopic (exact) mass is 199 g/mol. The number of hydrogen-bond acceptors (Lipinski definition) is 2. The van der Waals surface area contributed by atoms with Crippen molar-refractivity contribution in [2.24, 2.45) is 5.41 Å². The molecule has 1 aliphatic carbocycles. The van der Waals surface area contributed by atoms with Gasteiger partial charge in [0, 0.05) is 6.04 Å². The lowest BCUT2D eigenvalue weighted by Gasteiger charge is -2.28. The molecule has 2 atom stereocenters. The standard InChI is InChI=1S/C12H25NO/c1-12(2,3)7-8-13-10-5-4-6-11(14)9-10/h10-11,13-14H,4-9H2,1-3H3. The molecule has 0 aromatic rings. The maximum absolute atomic E-state index is 9.50. The fourth-order valence-corrected chi connectivity index (χ4v) is 2.00. The van der Waals surface area contributed by atoms with Crippen LogP contribution in [-0.4, -0.2) is 23.8 Å². The number of hydrogen-bond donors (Lipinski definition) is 2. The van der Waals surface area contributed by atoms with Gasteiger partial charge in [-0.05, 0) is 44.1 Å². The van der Waals surface area contributed by atoms with Crippen LogP contribution >= 0.6 is 0 Å². The van der Waals surface area contributed by atoms with Gasteiger partial charge in [0.05, 0.1) is 6.10 Å². The lowest BCUT2D eigenvalue weighted by Crippen LogP contribution is -2.37. The van der Waals surface area contributed by atoms with Crippen molar-refractivity contribution in [1.29, 1.82) is 0 Å². The highest BCUT2D eigenvalue weighted by atomic mass is 16.3. The van der Waals surface area contributed by atoms with E-state index in [1.807, 2.05) is 0 Å². The second kappa shape index (κ2) is 5.13. The van der Waals surface area contributed by atoms with E-state index in [2.05, 4.69) is 26.1 Å². The van der Waals surface area contributed by atoms with Gasteiger partial charge >= 0.3 is 0 Å². The van der Waals surface area contributed by atoms with Gasteiger partial charge in [-0.1, -0.05) is 20.8 Å². The zero-order valence-electron chi connectivity index (χ0n) is 9.84. The van der Waals surface area contributed by atoms with Gasteiger partial charge in [-0.25, -0.2) is 0 Å². The van der Waals surface area contributed by atoms with E-state index in [1.165, 1.54) is 19.3 Å². The largest absolute Gasteiger partial charge is 0.393 e. The van der Waals surface area contributed by atoms with E-state index in [1.54, 1.807) is 0 Å².